The summed E-state index contributed by atoms with van der Waals surface area (Å²) in [5.41, 5.74) is -0.253. The van der Waals surface area contributed by atoms with Crippen molar-refractivity contribution in [1.82, 2.24) is 5.06 Å². The number of amides is 2. The summed E-state index contributed by atoms with van der Waals surface area (Å²) in [4.78, 5) is 40.9. The van der Waals surface area contributed by atoms with Crippen LogP contribution in [0.2, 0.25) is 0 Å². The van der Waals surface area contributed by atoms with Crippen LogP contribution in [-0.2, 0) is 9.63 Å². The molecule has 2 aromatic rings. The van der Waals surface area contributed by atoms with Crippen LogP contribution in [0.25, 0.3) is 0 Å². The smallest absolute Gasteiger partial charge is 0.330 e. The molecule has 0 radical (unpaired) electrons. The van der Waals surface area contributed by atoms with Gasteiger partial charge in [-0.3, -0.25) is 9.59 Å². The number of hydrogen-bond donors (Lipinski definition) is 0. The number of hydrogen-bond acceptors (Lipinski definition) is 4. The van der Waals surface area contributed by atoms with Gasteiger partial charge in [0.05, 0.1) is 23.5 Å². The lowest BCUT2D eigenvalue weighted by Gasteiger charge is -2.18. The molecule has 5 nitrogen and oxygen atoms in total. The molecule has 0 bridgehead atoms. The van der Waals surface area contributed by atoms with Crippen LogP contribution in [0.3, 0.4) is 0 Å². The number of benzene rings is 2. The van der Waals surface area contributed by atoms with Crippen LogP contribution in [0.1, 0.15) is 38.6 Å². The molecule has 0 spiro atoms. The molecule has 134 valence electrons. The highest BCUT2D eigenvalue weighted by atomic mass is 19.3. The first kappa shape index (κ1) is 17.7. The highest BCUT2D eigenvalue weighted by Crippen LogP contribution is 2.30. The van der Waals surface area contributed by atoms with Crippen LogP contribution in [-0.4, -0.2) is 29.3 Å². The molecule has 3 rings (SSSR count). The molecule has 1 unspecified atom stereocenters. The summed E-state index contributed by atoms with van der Waals surface area (Å²) in [5.74, 6) is -5.62. The fourth-order valence-corrected chi connectivity index (χ4v) is 2.68. The Balaban J connectivity index is 1.75. The van der Waals surface area contributed by atoms with E-state index in [2.05, 4.69) is 0 Å². The van der Waals surface area contributed by atoms with Gasteiger partial charge in [0, 0.05) is 0 Å². The SMILES string of the molecule is O=C(CC(c1ccccc1F)C(F)F)ON1C(=O)c2ccccc2C1=O. The first-order valence-corrected chi connectivity index (χ1v) is 7.61. The number of nitrogens with zero attached hydrogens (tertiary/aromatic N) is 1. The molecule has 0 aliphatic carbocycles. The first-order valence-electron chi connectivity index (χ1n) is 7.61. The quantitative estimate of drug-likeness (QED) is 0.765. The Morgan fingerprint density at radius 3 is 2.04 bits per heavy atom. The Morgan fingerprint density at radius 2 is 1.50 bits per heavy atom. The predicted molar refractivity (Wildman–Crippen MR) is 82.8 cm³/mol. The van der Waals surface area contributed by atoms with Crippen molar-refractivity contribution in [2.45, 2.75) is 18.8 Å². The van der Waals surface area contributed by atoms with Gasteiger partial charge < -0.3 is 4.84 Å². The van der Waals surface area contributed by atoms with Gasteiger partial charge in [-0.05, 0) is 23.8 Å². The lowest BCUT2D eigenvalue weighted by Crippen LogP contribution is -2.33. The summed E-state index contributed by atoms with van der Waals surface area (Å²) in [6.45, 7) is 0. The maximum atomic E-state index is 13.8. The Labute approximate surface area is 145 Å². The van der Waals surface area contributed by atoms with Gasteiger partial charge in [-0.1, -0.05) is 35.4 Å². The van der Waals surface area contributed by atoms with E-state index in [1.807, 2.05) is 0 Å². The van der Waals surface area contributed by atoms with Gasteiger partial charge in [0.1, 0.15) is 5.82 Å². The van der Waals surface area contributed by atoms with E-state index in [9.17, 15) is 27.6 Å². The Hall–Kier alpha value is -3.16. The highest BCUT2D eigenvalue weighted by Gasteiger charge is 2.39. The van der Waals surface area contributed by atoms with Crippen LogP contribution in [0.4, 0.5) is 13.2 Å². The Morgan fingerprint density at radius 1 is 0.962 bits per heavy atom. The number of alkyl halides is 2. The number of rotatable bonds is 5. The summed E-state index contributed by atoms with van der Waals surface area (Å²) >= 11 is 0. The third-order valence-corrected chi connectivity index (χ3v) is 3.95. The number of carbonyl (C=O) groups is 3. The van der Waals surface area contributed by atoms with E-state index in [1.165, 1.54) is 36.4 Å². The first-order chi connectivity index (χ1) is 12.4. The Kier molecular flexibility index (Phi) is 4.75. The van der Waals surface area contributed by atoms with E-state index in [0.717, 1.165) is 12.1 Å². The number of carbonyl (C=O) groups excluding carboxylic acids is 3. The summed E-state index contributed by atoms with van der Waals surface area (Å²) in [6, 6.07) is 10.7. The summed E-state index contributed by atoms with van der Waals surface area (Å²) < 4.78 is 40.3. The van der Waals surface area contributed by atoms with Gasteiger partial charge >= 0.3 is 5.97 Å². The largest absolute Gasteiger partial charge is 0.334 e. The molecule has 1 aliphatic rings. The number of imide groups is 1. The molecule has 1 atom stereocenters. The molecule has 1 heterocycles. The van der Waals surface area contributed by atoms with E-state index in [1.54, 1.807) is 0 Å². The molecule has 1 aliphatic heterocycles. The van der Waals surface area contributed by atoms with Gasteiger partial charge in [0.25, 0.3) is 11.8 Å². The van der Waals surface area contributed by atoms with Crippen molar-refractivity contribution in [3.05, 3.63) is 71.0 Å². The van der Waals surface area contributed by atoms with Gasteiger partial charge in [0.15, 0.2) is 0 Å². The van der Waals surface area contributed by atoms with Crippen molar-refractivity contribution in [3.8, 4) is 0 Å². The highest BCUT2D eigenvalue weighted by molar-refractivity contribution is 6.20. The topological polar surface area (TPSA) is 63.7 Å². The normalized spacial score (nSPS) is 14.5. The molecule has 0 N–H and O–H groups in total. The second kappa shape index (κ2) is 6.99. The summed E-state index contributed by atoms with van der Waals surface area (Å²) in [5, 5.41) is 0.233. The third-order valence-electron chi connectivity index (χ3n) is 3.95. The molecule has 2 aromatic carbocycles. The minimum atomic E-state index is -3.04. The zero-order valence-electron chi connectivity index (χ0n) is 13.2. The van der Waals surface area contributed by atoms with E-state index >= 15 is 0 Å². The molecule has 26 heavy (non-hydrogen) atoms. The van der Waals surface area contributed by atoms with E-state index in [0.29, 0.717) is 0 Å². The van der Waals surface area contributed by atoms with Gasteiger partial charge in [-0.25, -0.2) is 18.0 Å². The standard InChI is InChI=1S/C18H12F3NO4/c19-14-8-4-3-5-10(14)13(16(20)21)9-15(23)26-22-17(24)11-6-1-2-7-12(11)18(22)25/h1-8,13,16H,9H2. The summed E-state index contributed by atoms with van der Waals surface area (Å²) in [6.07, 6.45) is -3.94. The summed E-state index contributed by atoms with van der Waals surface area (Å²) in [7, 11) is 0. The maximum Gasteiger partial charge on any atom is 0.334 e. The van der Waals surface area contributed by atoms with Crippen molar-refractivity contribution in [3.63, 3.8) is 0 Å². The van der Waals surface area contributed by atoms with E-state index in [4.69, 9.17) is 4.84 Å². The van der Waals surface area contributed by atoms with Crippen LogP contribution in [0.5, 0.6) is 0 Å². The van der Waals surface area contributed by atoms with Crippen molar-refractivity contribution >= 4 is 17.8 Å². The monoisotopic (exact) mass is 363 g/mol. The van der Waals surface area contributed by atoms with Crippen LogP contribution in [0.15, 0.2) is 48.5 Å². The zero-order chi connectivity index (χ0) is 18.8. The molecule has 0 fully saturated rings. The van der Waals surface area contributed by atoms with E-state index in [-0.39, 0.29) is 21.8 Å². The second-order valence-corrected chi connectivity index (χ2v) is 5.58. The van der Waals surface area contributed by atoms with Crippen LogP contribution >= 0.6 is 0 Å². The third kappa shape index (κ3) is 3.17. The number of fused-ring (bicyclic) bond motifs is 1. The van der Waals surface area contributed by atoms with Crippen molar-refractivity contribution in [1.29, 1.82) is 0 Å². The lowest BCUT2D eigenvalue weighted by molar-refractivity contribution is -0.169. The van der Waals surface area contributed by atoms with Crippen LogP contribution < -0.4 is 0 Å². The van der Waals surface area contributed by atoms with Gasteiger partial charge in [-0.15, -0.1) is 0 Å². The number of hydroxylamine groups is 2. The van der Waals surface area contributed by atoms with Gasteiger partial charge in [0.2, 0.25) is 6.43 Å². The average Bonchev–Trinajstić information content (AvgIpc) is 2.85. The molecule has 0 saturated heterocycles. The molecule has 2 amide bonds. The Bertz CT molecular complexity index is 849. The predicted octanol–water partition coefficient (Wildman–Crippen LogP) is 3.32. The fourth-order valence-electron chi connectivity index (χ4n) is 2.68. The minimum absolute atomic E-state index is 0.0461. The zero-order valence-corrected chi connectivity index (χ0v) is 13.2. The van der Waals surface area contributed by atoms with E-state index < -0.39 is 42.4 Å². The van der Waals surface area contributed by atoms with Crippen molar-refractivity contribution in [2.75, 3.05) is 0 Å². The second-order valence-electron chi connectivity index (χ2n) is 5.58. The fraction of sp³-hybridized carbons (Fsp3) is 0.167. The average molecular weight is 363 g/mol. The van der Waals surface area contributed by atoms with Crippen LogP contribution in [0, 0.1) is 5.82 Å². The minimum Gasteiger partial charge on any atom is -0.330 e. The molecule has 0 aromatic heterocycles. The number of halogens is 3. The van der Waals surface area contributed by atoms with Gasteiger partial charge in [-0.2, -0.15) is 0 Å². The molecular weight excluding hydrogens is 351 g/mol. The maximum absolute atomic E-state index is 13.8. The molecule has 0 saturated carbocycles. The van der Waals surface area contributed by atoms with Crippen molar-refractivity contribution < 1.29 is 32.4 Å². The lowest BCUT2D eigenvalue weighted by atomic mass is 9.96. The molecule has 8 heteroatoms. The molecular formula is C18H12F3NO4. The van der Waals surface area contributed by atoms with Crippen molar-refractivity contribution in [2.24, 2.45) is 0 Å².